The van der Waals surface area contributed by atoms with Gasteiger partial charge in [-0.1, -0.05) is 60.2 Å². The van der Waals surface area contributed by atoms with Crippen LogP contribution in [0, 0.1) is 6.92 Å². The number of esters is 1. The van der Waals surface area contributed by atoms with Gasteiger partial charge >= 0.3 is 5.97 Å². The molecule has 0 spiro atoms. The molecule has 3 nitrogen and oxygen atoms in total. The van der Waals surface area contributed by atoms with Crippen LogP contribution in [0.25, 0.3) is 0 Å². The lowest BCUT2D eigenvalue weighted by Gasteiger charge is -2.12. The number of carbonyl (C=O) groups is 2. The summed E-state index contributed by atoms with van der Waals surface area (Å²) in [5.41, 5.74) is 2.57. The maximum absolute atomic E-state index is 12.1. The molecule has 21 heavy (non-hydrogen) atoms. The Hall–Kier alpha value is -2.42. The van der Waals surface area contributed by atoms with E-state index in [1.54, 1.807) is 31.2 Å². The Balaban J connectivity index is 1.93. The number of ketones is 1. The molecule has 2 aromatic rings. The van der Waals surface area contributed by atoms with Crippen LogP contribution in [0.3, 0.4) is 0 Å². The van der Waals surface area contributed by atoms with Crippen molar-refractivity contribution in [1.82, 2.24) is 0 Å². The maximum atomic E-state index is 12.1. The van der Waals surface area contributed by atoms with E-state index in [-0.39, 0.29) is 12.2 Å². The first-order chi connectivity index (χ1) is 10.1. The predicted octanol–water partition coefficient (Wildman–Crippen LogP) is 3.35. The fraction of sp³-hybridized carbons (Fsp3) is 0.222. The Morgan fingerprint density at radius 1 is 1.00 bits per heavy atom. The van der Waals surface area contributed by atoms with Crippen molar-refractivity contribution in [2.45, 2.75) is 26.4 Å². The minimum absolute atomic E-state index is 0.173. The molecule has 2 aromatic carbocycles. The molecule has 0 aromatic heterocycles. The van der Waals surface area contributed by atoms with Gasteiger partial charge in [0.1, 0.15) is 0 Å². The molecule has 0 N–H and O–H groups in total. The summed E-state index contributed by atoms with van der Waals surface area (Å²) in [5.74, 6) is -0.580. The second kappa shape index (κ2) is 6.84. The van der Waals surface area contributed by atoms with Crippen molar-refractivity contribution in [3.8, 4) is 0 Å². The molecule has 0 saturated heterocycles. The summed E-state index contributed by atoms with van der Waals surface area (Å²) in [4.78, 5) is 24.0. The van der Waals surface area contributed by atoms with Crippen LogP contribution < -0.4 is 0 Å². The smallest absolute Gasteiger partial charge is 0.310 e. The van der Waals surface area contributed by atoms with Crippen LogP contribution in [0.5, 0.6) is 0 Å². The minimum Gasteiger partial charge on any atom is -0.454 e. The van der Waals surface area contributed by atoms with Gasteiger partial charge in [-0.3, -0.25) is 9.59 Å². The Kier molecular flexibility index (Phi) is 4.88. The van der Waals surface area contributed by atoms with Crippen LogP contribution in [-0.2, 0) is 16.0 Å². The topological polar surface area (TPSA) is 43.4 Å². The van der Waals surface area contributed by atoms with Crippen LogP contribution in [0.15, 0.2) is 54.6 Å². The van der Waals surface area contributed by atoms with Crippen LogP contribution in [0.4, 0.5) is 0 Å². The van der Waals surface area contributed by atoms with Crippen molar-refractivity contribution < 1.29 is 14.3 Å². The third kappa shape index (κ3) is 4.28. The molecular weight excluding hydrogens is 264 g/mol. The first-order valence-electron chi connectivity index (χ1n) is 6.90. The molecule has 0 amide bonds. The van der Waals surface area contributed by atoms with Crippen LogP contribution in [0.2, 0.25) is 0 Å². The molecular formula is C18H18O3. The molecule has 0 aliphatic carbocycles. The van der Waals surface area contributed by atoms with E-state index in [9.17, 15) is 9.59 Å². The summed E-state index contributed by atoms with van der Waals surface area (Å²) in [6, 6.07) is 16.5. The zero-order valence-electron chi connectivity index (χ0n) is 12.2. The third-order valence-corrected chi connectivity index (χ3v) is 3.20. The normalized spacial score (nSPS) is 11.7. The van der Waals surface area contributed by atoms with E-state index in [1.807, 2.05) is 37.3 Å². The number of carbonyl (C=O) groups excluding carboxylic acids is 2. The highest BCUT2D eigenvalue weighted by atomic mass is 16.5. The fourth-order valence-corrected chi connectivity index (χ4v) is 2.00. The van der Waals surface area contributed by atoms with Crippen molar-refractivity contribution >= 4 is 11.8 Å². The van der Waals surface area contributed by atoms with E-state index in [1.165, 1.54) is 0 Å². The van der Waals surface area contributed by atoms with Crippen molar-refractivity contribution in [2.24, 2.45) is 0 Å². The van der Waals surface area contributed by atoms with E-state index >= 15 is 0 Å². The average Bonchev–Trinajstić information content (AvgIpc) is 2.49. The van der Waals surface area contributed by atoms with Crippen molar-refractivity contribution in [2.75, 3.05) is 0 Å². The Labute approximate surface area is 124 Å². The summed E-state index contributed by atoms with van der Waals surface area (Å²) in [7, 11) is 0. The van der Waals surface area contributed by atoms with Crippen LogP contribution >= 0.6 is 0 Å². The summed E-state index contributed by atoms with van der Waals surface area (Å²) in [6.45, 7) is 3.59. The van der Waals surface area contributed by atoms with Gasteiger partial charge in [0.25, 0.3) is 0 Å². The first-order valence-corrected chi connectivity index (χ1v) is 6.90. The highest BCUT2D eigenvalue weighted by Gasteiger charge is 2.19. The molecule has 108 valence electrons. The molecule has 0 radical (unpaired) electrons. The van der Waals surface area contributed by atoms with Gasteiger partial charge in [-0.15, -0.1) is 0 Å². The molecule has 0 heterocycles. The van der Waals surface area contributed by atoms with Gasteiger partial charge in [-0.05, 0) is 19.4 Å². The molecule has 1 atom stereocenters. The zero-order valence-corrected chi connectivity index (χ0v) is 12.2. The van der Waals surface area contributed by atoms with E-state index < -0.39 is 12.1 Å². The zero-order chi connectivity index (χ0) is 15.2. The third-order valence-electron chi connectivity index (χ3n) is 3.20. The molecule has 0 aliphatic rings. The molecule has 0 aliphatic heterocycles. The number of benzene rings is 2. The lowest BCUT2D eigenvalue weighted by molar-refractivity contribution is -0.145. The Morgan fingerprint density at radius 3 is 2.24 bits per heavy atom. The van der Waals surface area contributed by atoms with Gasteiger partial charge in [-0.2, -0.15) is 0 Å². The highest BCUT2D eigenvalue weighted by molar-refractivity contribution is 6.00. The molecule has 0 saturated carbocycles. The molecule has 0 fully saturated rings. The Morgan fingerprint density at radius 2 is 1.62 bits per heavy atom. The van der Waals surface area contributed by atoms with Crippen LogP contribution in [-0.4, -0.2) is 17.9 Å². The monoisotopic (exact) mass is 282 g/mol. The number of Topliss-reactive ketones (excluding diaryl/α,β-unsaturated/α-hetero) is 1. The van der Waals surface area contributed by atoms with Gasteiger partial charge in [0.15, 0.2) is 6.10 Å². The SMILES string of the molecule is Cc1ccc(CC(=O)OC(C)C(=O)c2ccccc2)cc1. The highest BCUT2D eigenvalue weighted by Crippen LogP contribution is 2.09. The van der Waals surface area contributed by atoms with Crippen molar-refractivity contribution in [3.05, 3.63) is 71.3 Å². The van der Waals surface area contributed by atoms with Crippen molar-refractivity contribution in [3.63, 3.8) is 0 Å². The van der Waals surface area contributed by atoms with Gasteiger partial charge in [0.2, 0.25) is 5.78 Å². The second-order valence-corrected chi connectivity index (χ2v) is 5.02. The lowest BCUT2D eigenvalue weighted by atomic mass is 10.1. The van der Waals surface area contributed by atoms with Crippen LogP contribution in [0.1, 0.15) is 28.4 Å². The summed E-state index contributed by atoms with van der Waals surface area (Å²) in [5, 5.41) is 0. The molecule has 0 bridgehead atoms. The van der Waals surface area contributed by atoms with Gasteiger partial charge in [-0.25, -0.2) is 0 Å². The summed E-state index contributed by atoms with van der Waals surface area (Å²) >= 11 is 0. The number of rotatable bonds is 5. The quantitative estimate of drug-likeness (QED) is 0.624. The summed E-state index contributed by atoms with van der Waals surface area (Å²) in [6.07, 6.45) is -0.600. The van der Waals surface area contributed by atoms with Crippen molar-refractivity contribution in [1.29, 1.82) is 0 Å². The largest absolute Gasteiger partial charge is 0.454 e. The molecule has 1 unspecified atom stereocenters. The molecule has 3 heteroatoms. The second-order valence-electron chi connectivity index (χ2n) is 5.02. The number of aryl methyl sites for hydroxylation is 1. The first kappa shape index (κ1) is 15.0. The number of hydrogen-bond donors (Lipinski definition) is 0. The predicted molar refractivity (Wildman–Crippen MR) is 81.2 cm³/mol. The minimum atomic E-state index is -0.773. The van der Waals surface area contributed by atoms with E-state index in [2.05, 4.69) is 0 Å². The average molecular weight is 282 g/mol. The van der Waals surface area contributed by atoms with E-state index in [4.69, 9.17) is 4.74 Å². The van der Waals surface area contributed by atoms with E-state index in [0.29, 0.717) is 5.56 Å². The van der Waals surface area contributed by atoms with Gasteiger partial charge < -0.3 is 4.74 Å². The maximum Gasteiger partial charge on any atom is 0.310 e. The van der Waals surface area contributed by atoms with Gasteiger partial charge in [0, 0.05) is 5.56 Å². The number of ether oxygens (including phenoxy) is 1. The van der Waals surface area contributed by atoms with Gasteiger partial charge in [0.05, 0.1) is 6.42 Å². The Bertz CT molecular complexity index is 615. The summed E-state index contributed by atoms with van der Waals surface area (Å²) < 4.78 is 5.21. The fourth-order valence-electron chi connectivity index (χ4n) is 2.00. The molecule has 2 rings (SSSR count). The van der Waals surface area contributed by atoms with E-state index in [0.717, 1.165) is 11.1 Å². The lowest BCUT2D eigenvalue weighted by Crippen LogP contribution is -2.25. The number of hydrogen-bond acceptors (Lipinski definition) is 3. The standard InChI is InChI=1S/C18H18O3/c1-13-8-10-15(11-9-13)12-17(19)21-14(2)18(20)16-6-4-3-5-7-16/h3-11,14H,12H2,1-2H3.